The van der Waals surface area contributed by atoms with Crippen molar-refractivity contribution < 1.29 is 23.8 Å². The van der Waals surface area contributed by atoms with E-state index in [2.05, 4.69) is 4.98 Å². The number of benzene rings is 3. The number of para-hydroxylation sites is 3. The molecule has 0 saturated heterocycles. The van der Waals surface area contributed by atoms with Crippen LogP contribution in [0.2, 0.25) is 0 Å². The number of hydrogen-bond acceptors (Lipinski definition) is 6. The van der Waals surface area contributed by atoms with E-state index in [4.69, 9.17) is 24.7 Å². The van der Waals surface area contributed by atoms with Crippen LogP contribution in [0.4, 0.5) is 0 Å². The molecule has 1 heterocycles. The summed E-state index contributed by atoms with van der Waals surface area (Å²) < 4.78 is 17.2. The molecule has 0 fully saturated rings. The summed E-state index contributed by atoms with van der Waals surface area (Å²) in [5, 5.41) is 8.91. The van der Waals surface area contributed by atoms with Crippen LogP contribution in [0, 0.1) is 6.92 Å². The summed E-state index contributed by atoms with van der Waals surface area (Å²) in [5.74, 6) is 0.538. The number of carboxylic acids is 1. The number of oxazole rings is 1. The van der Waals surface area contributed by atoms with Gasteiger partial charge in [-0.3, -0.25) is 0 Å². The Balaban J connectivity index is 1.50. The number of aryl methyl sites for hydroxylation is 1. The second kappa shape index (κ2) is 8.89. The lowest BCUT2D eigenvalue weighted by Crippen LogP contribution is -2.13. The molecule has 7 nitrogen and oxygen atoms in total. The van der Waals surface area contributed by atoms with Gasteiger partial charge in [-0.1, -0.05) is 42.5 Å². The summed E-state index contributed by atoms with van der Waals surface area (Å²) in [4.78, 5) is 15.3. The van der Waals surface area contributed by atoms with Crippen molar-refractivity contribution in [2.75, 3.05) is 6.61 Å². The first kappa shape index (κ1) is 20.4. The van der Waals surface area contributed by atoms with Gasteiger partial charge < -0.3 is 24.7 Å². The number of aromatic nitrogens is 1. The highest BCUT2D eigenvalue weighted by Crippen LogP contribution is 2.28. The monoisotopic (exact) mass is 418 g/mol. The Bertz CT molecular complexity index is 1180. The number of fused-ring (bicyclic) bond motifs is 1. The van der Waals surface area contributed by atoms with Gasteiger partial charge in [-0.05, 0) is 42.3 Å². The topological polar surface area (TPSA) is 108 Å². The SMILES string of the molecule is Cc1cccc(COc2cccc(C(N)c3nc4ccccc4o3)c2)c1OCC(=O)O. The Kier molecular flexibility index (Phi) is 5.86. The van der Waals surface area contributed by atoms with E-state index in [0.717, 1.165) is 22.2 Å². The number of carboxylic acid groups (broad SMARTS) is 1. The molecule has 4 aromatic rings. The summed E-state index contributed by atoms with van der Waals surface area (Å²) in [6.07, 6.45) is 0. The molecule has 0 amide bonds. The normalized spacial score (nSPS) is 11.9. The standard InChI is InChI=1S/C24H22N2O5/c1-15-6-4-8-17(23(15)30-14-21(27)28)13-29-18-9-5-7-16(12-18)22(25)24-26-19-10-2-3-11-20(19)31-24/h2-12,22H,13-14,25H2,1H3,(H,27,28). The number of carbonyl (C=O) groups is 1. The van der Waals surface area contributed by atoms with Crippen LogP contribution in [-0.2, 0) is 11.4 Å². The van der Waals surface area contributed by atoms with Crippen LogP contribution in [0.1, 0.15) is 28.6 Å². The number of ether oxygens (including phenoxy) is 2. The third kappa shape index (κ3) is 4.67. The molecule has 3 aromatic carbocycles. The van der Waals surface area contributed by atoms with E-state index < -0.39 is 18.6 Å². The molecule has 1 aromatic heterocycles. The minimum atomic E-state index is -1.03. The van der Waals surface area contributed by atoms with Crippen LogP contribution in [0.5, 0.6) is 11.5 Å². The smallest absolute Gasteiger partial charge is 0.341 e. The van der Waals surface area contributed by atoms with Gasteiger partial charge in [0, 0.05) is 5.56 Å². The number of hydrogen-bond donors (Lipinski definition) is 2. The molecule has 3 N–H and O–H groups in total. The first-order valence-electron chi connectivity index (χ1n) is 9.78. The highest BCUT2D eigenvalue weighted by Gasteiger charge is 2.17. The number of nitrogens with two attached hydrogens (primary N) is 1. The maximum absolute atomic E-state index is 10.9. The van der Waals surface area contributed by atoms with Crippen LogP contribution in [0.15, 0.2) is 71.1 Å². The lowest BCUT2D eigenvalue weighted by atomic mass is 10.1. The van der Waals surface area contributed by atoms with Crippen molar-refractivity contribution in [1.29, 1.82) is 0 Å². The molecule has 158 valence electrons. The fourth-order valence-electron chi connectivity index (χ4n) is 3.29. The van der Waals surface area contributed by atoms with E-state index in [9.17, 15) is 4.79 Å². The summed E-state index contributed by atoms with van der Waals surface area (Å²) in [7, 11) is 0. The third-order valence-electron chi connectivity index (χ3n) is 4.82. The maximum atomic E-state index is 10.9. The van der Waals surface area contributed by atoms with Crippen molar-refractivity contribution in [3.63, 3.8) is 0 Å². The van der Waals surface area contributed by atoms with Gasteiger partial charge in [0.2, 0.25) is 5.89 Å². The van der Waals surface area contributed by atoms with Crippen LogP contribution < -0.4 is 15.2 Å². The fourth-order valence-corrected chi connectivity index (χ4v) is 3.29. The van der Waals surface area contributed by atoms with Crippen LogP contribution >= 0.6 is 0 Å². The lowest BCUT2D eigenvalue weighted by molar-refractivity contribution is -0.139. The Hall–Kier alpha value is -3.84. The first-order valence-corrected chi connectivity index (χ1v) is 9.78. The second-order valence-corrected chi connectivity index (χ2v) is 7.10. The Labute approximate surface area is 179 Å². The third-order valence-corrected chi connectivity index (χ3v) is 4.82. The second-order valence-electron chi connectivity index (χ2n) is 7.10. The first-order chi connectivity index (χ1) is 15.0. The van der Waals surface area contributed by atoms with E-state index in [1.165, 1.54) is 0 Å². The van der Waals surface area contributed by atoms with Crippen molar-refractivity contribution in [1.82, 2.24) is 4.98 Å². The van der Waals surface area contributed by atoms with Crippen LogP contribution in [-0.4, -0.2) is 22.7 Å². The van der Waals surface area contributed by atoms with Gasteiger partial charge in [0.25, 0.3) is 0 Å². The zero-order chi connectivity index (χ0) is 21.8. The average molecular weight is 418 g/mol. The molecule has 0 bridgehead atoms. The van der Waals surface area contributed by atoms with Gasteiger partial charge in [-0.15, -0.1) is 0 Å². The number of nitrogens with zero attached hydrogens (tertiary/aromatic N) is 1. The molecular weight excluding hydrogens is 396 g/mol. The predicted molar refractivity (Wildman–Crippen MR) is 115 cm³/mol. The molecule has 0 radical (unpaired) electrons. The summed E-state index contributed by atoms with van der Waals surface area (Å²) in [5.41, 5.74) is 10.2. The fraction of sp³-hybridized carbons (Fsp3) is 0.167. The van der Waals surface area contributed by atoms with E-state index >= 15 is 0 Å². The van der Waals surface area contributed by atoms with Crippen molar-refractivity contribution in [2.45, 2.75) is 19.6 Å². The van der Waals surface area contributed by atoms with Gasteiger partial charge in [0.15, 0.2) is 12.2 Å². The van der Waals surface area contributed by atoms with Gasteiger partial charge in [-0.25, -0.2) is 9.78 Å². The Morgan fingerprint density at radius 1 is 1.10 bits per heavy atom. The molecule has 0 spiro atoms. The quantitative estimate of drug-likeness (QED) is 0.441. The molecule has 0 aliphatic carbocycles. The van der Waals surface area contributed by atoms with E-state index in [0.29, 0.717) is 23.0 Å². The van der Waals surface area contributed by atoms with Gasteiger partial charge in [-0.2, -0.15) is 0 Å². The lowest BCUT2D eigenvalue weighted by Gasteiger charge is -2.15. The van der Waals surface area contributed by atoms with E-state index in [-0.39, 0.29) is 6.61 Å². The zero-order valence-electron chi connectivity index (χ0n) is 16.9. The molecule has 0 aliphatic rings. The Morgan fingerprint density at radius 2 is 1.90 bits per heavy atom. The predicted octanol–water partition coefficient (Wildman–Crippen LogP) is 4.23. The van der Waals surface area contributed by atoms with E-state index in [1.54, 1.807) is 0 Å². The Morgan fingerprint density at radius 3 is 2.71 bits per heavy atom. The van der Waals surface area contributed by atoms with Crippen LogP contribution in [0.25, 0.3) is 11.1 Å². The summed E-state index contributed by atoms with van der Waals surface area (Å²) in [6.45, 7) is 1.67. The van der Waals surface area contributed by atoms with Gasteiger partial charge in [0.05, 0.1) is 0 Å². The molecule has 4 rings (SSSR count). The highest BCUT2D eigenvalue weighted by atomic mass is 16.5. The van der Waals surface area contributed by atoms with E-state index in [1.807, 2.05) is 73.7 Å². The molecule has 0 saturated carbocycles. The highest BCUT2D eigenvalue weighted by molar-refractivity contribution is 5.72. The molecule has 1 unspecified atom stereocenters. The minimum Gasteiger partial charge on any atom is -0.489 e. The minimum absolute atomic E-state index is 0.220. The molecule has 1 atom stereocenters. The average Bonchev–Trinajstić information content (AvgIpc) is 3.21. The molecule has 7 heteroatoms. The van der Waals surface area contributed by atoms with Crippen LogP contribution in [0.3, 0.4) is 0 Å². The van der Waals surface area contributed by atoms with Crippen molar-refractivity contribution >= 4 is 17.1 Å². The molecule has 31 heavy (non-hydrogen) atoms. The van der Waals surface area contributed by atoms with Gasteiger partial charge >= 0.3 is 5.97 Å². The van der Waals surface area contributed by atoms with Crippen molar-refractivity contribution in [3.05, 3.63) is 89.3 Å². The maximum Gasteiger partial charge on any atom is 0.341 e. The molecule has 0 aliphatic heterocycles. The summed E-state index contributed by atoms with van der Waals surface area (Å²) >= 11 is 0. The summed E-state index contributed by atoms with van der Waals surface area (Å²) in [6, 6.07) is 20.0. The molecular formula is C24H22N2O5. The number of aliphatic carboxylic acids is 1. The zero-order valence-corrected chi connectivity index (χ0v) is 16.9. The van der Waals surface area contributed by atoms with Gasteiger partial charge in [0.1, 0.15) is 29.7 Å². The largest absolute Gasteiger partial charge is 0.489 e. The van der Waals surface area contributed by atoms with Crippen molar-refractivity contribution in [3.8, 4) is 11.5 Å². The van der Waals surface area contributed by atoms with Crippen molar-refractivity contribution in [2.24, 2.45) is 5.73 Å². The number of rotatable bonds is 8.